The molecule has 3 heterocycles. The number of hydrogen-bond donors (Lipinski definition) is 0. The Kier molecular flexibility index (Phi) is 7.64. The van der Waals surface area contributed by atoms with Crippen LogP contribution < -0.4 is 4.74 Å². The van der Waals surface area contributed by atoms with Crippen LogP contribution in [-0.4, -0.2) is 69.4 Å². The molecule has 0 N–H and O–H groups in total. The Balaban J connectivity index is 1.21. The SMILES string of the molecule is O=C(Cc1ncccn1)N1CCN(C(=O)c2ccc(OCCC3CCCCC3)cn2)CC1. The smallest absolute Gasteiger partial charge is 0.272 e. The molecule has 0 spiro atoms. The summed E-state index contributed by atoms with van der Waals surface area (Å²) in [7, 11) is 0. The van der Waals surface area contributed by atoms with Crippen LogP contribution in [0.3, 0.4) is 0 Å². The first kappa shape index (κ1) is 22.2. The Morgan fingerprint density at radius 2 is 1.66 bits per heavy atom. The fourth-order valence-corrected chi connectivity index (χ4v) is 4.40. The lowest BCUT2D eigenvalue weighted by molar-refractivity contribution is -0.132. The summed E-state index contributed by atoms with van der Waals surface area (Å²) in [5.41, 5.74) is 0.405. The van der Waals surface area contributed by atoms with Gasteiger partial charge in [0.25, 0.3) is 5.91 Å². The van der Waals surface area contributed by atoms with E-state index in [1.165, 1.54) is 32.1 Å². The number of rotatable bonds is 7. The van der Waals surface area contributed by atoms with Gasteiger partial charge in [0.2, 0.25) is 5.91 Å². The number of piperazine rings is 1. The highest BCUT2D eigenvalue weighted by molar-refractivity contribution is 5.92. The van der Waals surface area contributed by atoms with Gasteiger partial charge in [-0.3, -0.25) is 9.59 Å². The quantitative estimate of drug-likeness (QED) is 0.662. The standard InChI is InChI=1S/C24H31N5O3/c30-23(17-22-25-10-4-11-26-22)28-12-14-29(15-13-28)24(31)21-8-7-20(18-27-21)32-16-9-19-5-2-1-3-6-19/h4,7-8,10-11,18-19H,1-3,5-6,9,12-17H2. The second-order valence-electron chi connectivity index (χ2n) is 8.54. The van der Waals surface area contributed by atoms with Gasteiger partial charge in [0, 0.05) is 38.6 Å². The molecule has 170 valence electrons. The van der Waals surface area contributed by atoms with E-state index < -0.39 is 0 Å². The lowest BCUT2D eigenvalue weighted by Crippen LogP contribution is -2.51. The van der Waals surface area contributed by atoms with Gasteiger partial charge in [0.15, 0.2) is 0 Å². The van der Waals surface area contributed by atoms with Crippen LogP contribution >= 0.6 is 0 Å². The number of aromatic nitrogens is 3. The van der Waals surface area contributed by atoms with Gasteiger partial charge in [-0.1, -0.05) is 32.1 Å². The van der Waals surface area contributed by atoms with Crippen molar-refractivity contribution in [2.24, 2.45) is 5.92 Å². The van der Waals surface area contributed by atoms with E-state index in [0.717, 1.165) is 12.3 Å². The molecular weight excluding hydrogens is 406 g/mol. The third kappa shape index (κ3) is 6.02. The lowest BCUT2D eigenvalue weighted by Gasteiger charge is -2.34. The number of amides is 2. The zero-order valence-corrected chi connectivity index (χ0v) is 18.5. The molecule has 32 heavy (non-hydrogen) atoms. The highest BCUT2D eigenvalue weighted by Crippen LogP contribution is 2.26. The average Bonchev–Trinajstić information content (AvgIpc) is 2.85. The molecule has 4 rings (SSSR count). The molecule has 2 aromatic rings. The maximum Gasteiger partial charge on any atom is 0.272 e. The molecule has 1 saturated heterocycles. The van der Waals surface area contributed by atoms with Crippen LogP contribution in [0, 0.1) is 5.92 Å². The Morgan fingerprint density at radius 3 is 2.34 bits per heavy atom. The largest absolute Gasteiger partial charge is 0.492 e. The Morgan fingerprint density at radius 1 is 0.938 bits per heavy atom. The molecule has 0 radical (unpaired) electrons. The van der Waals surface area contributed by atoms with Gasteiger partial charge in [-0.05, 0) is 30.5 Å². The number of hydrogen-bond acceptors (Lipinski definition) is 6. The highest BCUT2D eigenvalue weighted by atomic mass is 16.5. The van der Waals surface area contributed by atoms with Crippen molar-refractivity contribution in [3.63, 3.8) is 0 Å². The molecule has 2 aliphatic rings. The van der Waals surface area contributed by atoms with Crippen LogP contribution in [0.15, 0.2) is 36.8 Å². The van der Waals surface area contributed by atoms with Crippen molar-refractivity contribution in [2.45, 2.75) is 44.9 Å². The molecule has 1 aliphatic carbocycles. The second kappa shape index (κ2) is 11.0. The molecule has 0 aromatic carbocycles. The molecule has 8 nitrogen and oxygen atoms in total. The van der Waals surface area contributed by atoms with Crippen molar-refractivity contribution < 1.29 is 14.3 Å². The molecule has 8 heteroatoms. The summed E-state index contributed by atoms with van der Waals surface area (Å²) in [6.07, 6.45) is 12.8. The van der Waals surface area contributed by atoms with Gasteiger partial charge in [-0.25, -0.2) is 15.0 Å². The number of pyridine rings is 1. The first-order valence-corrected chi connectivity index (χ1v) is 11.6. The van der Waals surface area contributed by atoms with Crippen molar-refractivity contribution in [1.29, 1.82) is 0 Å². The zero-order valence-electron chi connectivity index (χ0n) is 18.5. The summed E-state index contributed by atoms with van der Waals surface area (Å²) in [6.45, 7) is 2.67. The second-order valence-corrected chi connectivity index (χ2v) is 8.54. The summed E-state index contributed by atoms with van der Waals surface area (Å²) < 4.78 is 5.84. The van der Waals surface area contributed by atoms with E-state index in [9.17, 15) is 9.59 Å². The van der Waals surface area contributed by atoms with Crippen molar-refractivity contribution in [3.8, 4) is 5.75 Å². The van der Waals surface area contributed by atoms with Crippen LogP contribution in [-0.2, 0) is 11.2 Å². The van der Waals surface area contributed by atoms with E-state index in [-0.39, 0.29) is 18.2 Å². The maximum atomic E-state index is 12.8. The summed E-state index contributed by atoms with van der Waals surface area (Å²) in [5, 5.41) is 0. The molecule has 2 aromatic heterocycles. The molecule has 1 aliphatic heterocycles. The molecule has 0 atom stereocenters. The first-order chi connectivity index (χ1) is 15.7. The minimum Gasteiger partial charge on any atom is -0.492 e. The summed E-state index contributed by atoms with van der Waals surface area (Å²) in [6, 6.07) is 5.27. The summed E-state index contributed by atoms with van der Waals surface area (Å²) >= 11 is 0. The average molecular weight is 438 g/mol. The molecule has 0 unspecified atom stereocenters. The topological polar surface area (TPSA) is 88.5 Å². The Labute approximate surface area is 189 Å². The molecular formula is C24H31N5O3. The van der Waals surface area contributed by atoms with Gasteiger partial charge in [0.1, 0.15) is 17.3 Å². The van der Waals surface area contributed by atoms with Gasteiger partial charge in [-0.2, -0.15) is 0 Å². The van der Waals surface area contributed by atoms with Crippen molar-refractivity contribution in [2.75, 3.05) is 32.8 Å². The number of carbonyl (C=O) groups excluding carboxylic acids is 2. The number of ether oxygens (including phenoxy) is 1. The van der Waals surface area contributed by atoms with Crippen LogP contribution in [0.25, 0.3) is 0 Å². The predicted molar refractivity (Wildman–Crippen MR) is 119 cm³/mol. The van der Waals surface area contributed by atoms with Crippen LogP contribution in [0.1, 0.15) is 54.8 Å². The molecule has 2 fully saturated rings. The van der Waals surface area contributed by atoms with E-state index >= 15 is 0 Å². The fourth-order valence-electron chi connectivity index (χ4n) is 4.40. The van der Waals surface area contributed by atoms with E-state index in [1.807, 2.05) is 6.07 Å². The molecule has 2 amide bonds. The van der Waals surface area contributed by atoms with Crippen molar-refractivity contribution >= 4 is 11.8 Å². The highest BCUT2D eigenvalue weighted by Gasteiger charge is 2.26. The lowest BCUT2D eigenvalue weighted by atomic mass is 9.87. The normalized spacial score (nSPS) is 17.2. The third-order valence-electron chi connectivity index (χ3n) is 6.32. The van der Waals surface area contributed by atoms with Gasteiger partial charge in [0.05, 0.1) is 19.2 Å². The van der Waals surface area contributed by atoms with E-state index in [1.54, 1.807) is 40.5 Å². The van der Waals surface area contributed by atoms with Crippen LogP contribution in [0.4, 0.5) is 0 Å². The zero-order chi connectivity index (χ0) is 22.2. The van der Waals surface area contributed by atoms with Crippen LogP contribution in [0.2, 0.25) is 0 Å². The van der Waals surface area contributed by atoms with Crippen molar-refractivity contribution in [1.82, 2.24) is 24.8 Å². The Hall–Kier alpha value is -3.03. The predicted octanol–water partition coefficient (Wildman–Crippen LogP) is 2.75. The summed E-state index contributed by atoms with van der Waals surface area (Å²) in [5.74, 6) is 1.87. The maximum absolute atomic E-state index is 12.8. The number of carbonyl (C=O) groups is 2. The van der Waals surface area contributed by atoms with Crippen LogP contribution in [0.5, 0.6) is 5.75 Å². The summed E-state index contributed by atoms with van der Waals surface area (Å²) in [4.78, 5) is 41.3. The van der Waals surface area contributed by atoms with Gasteiger partial charge < -0.3 is 14.5 Å². The van der Waals surface area contributed by atoms with Crippen molar-refractivity contribution in [3.05, 3.63) is 48.3 Å². The van der Waals surface area contributed by atoms with E-state index in [4.69, 9.17) is 4.74 Å². The number of nitrogens with zero attached hydrogens (tertiary/aromatic N) is 5. The van der Waals surface area contributed by atoms with E-state index in [2.05, 4.69) is 15.0 Å². The first-order valence-electron chi connectivity index (χ1n) is 11.6. The fraction of sp³-hybridized carbons (Fsp3) is 0.542. The monoisotopic (exact) mass is 437 g/mol. The Bertz CT molecular complexity index is 876. The molecule has 0 bridgehead atoms. The minimum absolute atomic E-state index is 0.0175. The minimum atomic E-state index is -0.114. The molecule has 1 saturated carbocycles. The van der Waals surface area contributed by atoms with E-state index in [0.29, 0.717) is 50.1 Å². The van der Waals surface area contributed by atoms with Gasteiger partial charge >= 0.3 is 0 Å². The third-order valence-corrected chi connectivity index (χ3v) is 6.32. The van der Waals surface area contributed by atoms with Gasteiger partial charge in [-0.15, -0.1) is 0 Å².